The summed E-state index contributed by atoms with van der Waals surface area (Å²) in [6.45, 7) is 15.8. The van der Waals surface area contributed by atoms with Crippen molar-refractivity contribution in [1.29, 1.82) is 0 Å². The van der Waals surface area contributed by atoms with Gasteiger partial charge in [-0.05, 0) is 56.0 Å². The summed E-state index contributed by atoms with van der Waals surface area (Å²) in [6.07, 6.45) is 3.01. The number of nitrogens with one attached hydrogen (secondary N) is 1. The van der Waals surface area contributed by atoms with Gasteiger partial charge in [0.2, 0.25) is 0 Å². The molecule has 1 N–H and O–H groups in total. The summed E-state index contributed by atoms with van der Waals surface area (Å²) in [4.78, 5) is 0. The van der Waals surface area contributed by atoms with E-state index in [9.17, 15) is 0 Å². The molecule has 1 heterocycles. The van der Waals surface area contributed by atoms with Gasteiger partial charge in [0, 0.05) is 29.7 Å². The molecule has 0 spiro atoms. The maximum absolute atomic E-state index is 3.83. The highest BCUT2D eigenvalue weighted by Crippen LogP contribution is 2.26. The summed E-state index contributed by atoms with van der Waals surface area (Å²) in [5, 5.41) is 4.91. The Balaban J connectivity index is 2.26. The van der Waals surface area contributed by atoms with E-state index in [4.69, 9.17) is 0 Å². The molecule has 0 saturated heterocycles. The van der Waals surface area contributed by atoms with Gasteiger partial charge < -0.3 is 9.88 Å². The van der Waals surface area contributed by atoms with Crippen LogP contribution in [0.1, 0.15) is 37.1 Å². The van der Waals surface area contributed by atoms with Gasteiger partial charge in [-0.2, -0.15) is 0 Å². The highest BCUT2D eigenvalue weighted by Gasteiger charge is 2.10. The van der Waals surface area contributed by atoms with Gasteiger partial charge in [-0.3, -0.25) is 0 Å². The lowest BCUT2D eigenvalue weighted by Gasteiger charge is -2.09. The third-order valence-electron chi connectivity index (χ3n) is 4.14. The van der Waals surface area contributed by atoms with Gasteiger partial charge in [0.05, 0.1) is 0 Å². The predicted molar refractivity (Wildman–Crippen MR) is 92.8 cm³/mol. The molecule has 2 aromatic rings. The third kappa shape index (κ3) is 3.56. The molecule has 114 valence electrons. The Hall–Kier alpha value is -1.54. The van der Waals surface area contributed by atoms with Crippen LogP contribution in [0.5, 0.6) is 0 Å². The van der Waals surface area contributed by atoms with Gasteiger partial charge in [-0.25, -0.2) is 0 Å². The first-order valence-electron chi connectivity index (χ1n) is 7.94. The zero-order valence-electron chi connectivity index (χ0n) is 13.9. The molecule has 2 nitrogen and oxygen atoms in total. The Morgan fingerprint density at radius 1 is 1.29 bits per heavy atom. The van der Waals surface area contributed by atoms with Crippen LogP contribution in [-0.4, -0.2) is 11.1 Å². The number of allylic oxidation sites excluding steroid dienone is 1. The van der Waals surface area contributed by atoms with Crippen molar-refractivity contribution in [1.82, 2.24) is 9.88 Å². The van der Waals surface area contributed by atoms with Crippen molar-refractivity contribution in [3.8, 4) is 0 Å². The first-order valence-corrected chi connectivity index (χ1v) is 7.94. The van der Waals surface area contributed by atoms with Crippen LogP contribution in [0, 0.1) is 19.8 Å². The topological polar surface area (TPSA) is 17.0 Å². The van der Waals surface area contributed by atoms with Gasteiger partial charge in [0.25, 0.3) is 0 Å². The van der Waals surface area contributed by atoms with E-state index in [-0.39, 0.29) is 0 Å². The summed E-state index contributed by atoms with van der Waals surface area (Å²) in [5.41, 5.74) is 5.49. The quantitative estimate of drug-likeness (QED) is 0.736. The smallest absolute Gasteiger partial charge is 0.0485 e. The average molecular weight is 284 g/mol. The number of hydrogen-bond donors (Lipinski definition) is 1. The van der Waals surface area contributed by atoms with Crippen LogP contribution >= 0.6 is 0 Å². The zero-order valence-corrected chi connectivity index (χ0v) is 13.9. The number of aryl methyl sites for hydroxylation is 2. The standard InChI is InChI=1S/C19H28N2/c1-6-7-10-21-16(5)15(4)18-11-17(8-9-19(18)21)13-20-12-14(2)3/h6,8-9,11,14,20H,1,7,10,12-13H2,2-5H3. The van der Waals surface area contributed by atoms with E-state index < -0.39 is 0 Å². The van der Waals surface area contributed by atoms with Gasteiger partial charge in [-0.15, -0.1) is 6.58 Å². The number of hydrogen-bond acceptors (Lipinski definition) is 1. The molecule has 0 atom stereocenters. The lowest BCUT2D eigenvalue weighted by molar-refractivity contribution is 0.552. The monoisotopic (exact) mass is 284 g/mol. The second-order valence-corrected chi connectivity index (χ2v) is 6.32. The number of aromatic nitrogens is 1. The molecule has 0 radical (unpaired) electrons. The van der Waals surface area contributed by atoms with E-state index in [0.717, 1.165) is 26.1 Å². The third-order valence-corrected chi connectivity index (χ3v) is 4.14. The van der Waals surface area contributed by atoms with E-state index in [1.165, 1.54) is 27.7 Å². The normalized spacial score (nSPS) is 11.5. The van der Waals surface area contributed by atoms with E-state index >= 15 is 0 Å². The molecule has 2 heteroatoms. The van der Waals surface area contributed by atoms with Crippen molar-refractivity contribution < 1.29 is 0 Å². The van der Waals surface area contributed by atoms with E-state index in [1.807, 2.05) is 6.08 Å². The Morgan fingerprint density at radius 3 is 2.71 bits per heavy atom. The fourth-order valence-electron chi connectivity index (χ4n) is 2.82. The molecular weight excluding hydrogens is 256 g/mol. The molecule has 2 rings (SSSR count). The van der Waals surface area contributed by atoms with Gasteiger partial charge >= 0.3 is 0 Å². The summed E-state index contributed by atoms with van der Waals surface area (Å²) in [6, 6.07) is 6.86. The lowest BCUT2D eigenvalue weighted by Crippen LogP contribution is -2.18. The van der Waals surface area contributed by atoms with Gasteiger partial charge in [0.15, 0.2) is 0 Å². The second-order valence-electron chi connectivity index (χ2n) is 6.32. The summed E-state index contributed by atoms with van der Waals surface area (Å²) >= 11 is 0. The number of nitrogens with zero attached hydrogens (tertiary/aromatic N) is 1. The van der Waals surface area contributed by atoms with Crippen molar-refractivity contribution >= 4 is 10.9 Å². The minimum absolute atomic E-state index is 0.692. The highest BCUT2D eigenvalue weighted by atomic mass is 15.0. The van der Waals surface area contributed by atoms with Crippen LogP contribution < -0.4 is 5.32 Å². The van der Waals surface area contributed by atoms with E-state index in [0.29, 0.717) is 5.92 Å². The summed E-state index contributed by atoms with van der Waals surface area (Å²) < 4.78 is 2.41. The molecule has 21 heavy (non-hydrogen) atoms. The van der Waals surface area contributed by atoms with Crippen molar-refractivity contribution in [2.24, 2.45) is 5.92 Å². The molecule has 1 aromatic heterocycles. The number of rotatable bonds is 7. The Labute approximate surface area is 128 Å². The molecule has 0 aliphatic carbocycles. The van der Waals surface area contributed by atoms with Crippen LogP contribution in [0.3, 0.4) is 0 Å². The van der Waals surface area contributed by atoms with E-state index in [2.05, 4.69) is 62.4 Å². The van der Waals surface area contributed by atoms with Gasteiger partial charge in [0.1, 0.15) is 0 Å². The molecule has 0 fully saturated rings. The van der Waals surface area contributed by atoms with Crippen LogP contribution in [0.4, 0.5) is 0 Å². The molecule has 0 aliphatic heterocycles. The number of benzene rings is 1. The summed E-state index contributed by atoms with van der Waals surface area (Å²) in [5.74, 6) is 0.692. The molecule has 1 aromatic carbocycles. The molecule has 0 amide bonds. The number of fused-ring (bicyclic) bond motifs is 1. The average Bonchev–Trinajstić information content (AvgIpc) is 2.69. The molecular formula is C19H28N2. The SMILES string of the molecule is C=CCCn1c(C)c(C)c2cc(CNCC(C)C)ccc21. The maximum atomic E-state index is 3.83. The fourth-order valence-corrected chi connectivity index (χ4v) is 2.82. The fraction of sp³-hybridized carbons (Fsp3) is 0.474. The maximum Gasteiger partial charge on any atom is 0.0485 e. The van der Waals surface area contributed by atoms with Crippen molar-refractivity contribution in [2.75, 3.05) is 6.54 Å². The van der Waals surface area contributed by atoms with Crippen LogP contribution in [0.2, 0.25) is 0 Å². The Kier molecular flexibility index (Phi) is 5.24. The predicted octanol–water partition coefficient (Wildman–Crippen LogP) is 4.58. The van der Waals surface area contributed by atoms with Gasteiger partial charge in [-0.1, -0.05) is 26.0 Å². The first-order chi connectivity index (χ1) is 10.0. The molecule has 0 bridgehead atoms. The lowest BCUT2D eigenvalue weighted by atomic mass is 10.1. The summed E-state index contributed by atoms with van der Waals surface area (Å²) in [7, 11) is 0. The molecule has 0 unspecified atom stereocenters. The Bertz CT molecular complexity index is 620. The second kappa shape index (κ2) is 6.95. The molecule has 0 aliphatic rings. The van der Waals surface area contributed by atoms with Crippen molar-refractivity contribution in [2.45, 2.75) is 47.2 Å². The first kappa shape index (κ1) is 15.8. The Morgan fingerprint density at radius 2 is 2.05 bits per heavy atom. The highest BCUT2D eigenvalue weighted by molar-refractivity contribution is 5.86. The molecule has 0 saturated carbocycles. The zero-order chi connectivity index (χ0) is 15.4. The van der Waals surface area contributed by atoms with Crippen LogP contribution in [-0.2, 0) is 13.1 Å². The minimum atomic E-state index is 0.692. The van der Waals surface area contributed by atoms with E-state index in [1.54, 1.807) is 0 Å². The van der Waals surface area contributed by atoms with Crippen LogP contribution in [0.15, 0.2) is 30.9 Å². The minimum Gasteiger partial charge on any atom is -0.344 e. The largest absolute Gasteiger partial charge is 0.344 e. The van der Waals surface area contributed by atoms with Crippen molar-refractivity contribution in [3.05, 3.63) is 47.7 Å². The van der Waals surface area contributed by atoms with Crippen LogP contribution in [0.25, 0.3) is 10.9 Å². The van der Waals surface area contributed by atoms with Crippen molar-refractivity contribution in [3.63, 3.8) is 0 Å².